The SMILES string of the molecule is CCC(CC)NC(=O)COc1ccc(Cl)cc1C(=O)Nc1ccccc1. The van der Waals surface area contributed by atoms with Gasteiger partial charge in [0.1, 0.15) is 5.75 Å². The third kappa shape index (κ3) is 5.77. The summed E-state index contributed by atoms with van der Waals surface area (Å²) in [6, 6.07) is 13.9. The smallest absolute Gasteiger partial charge is 0.259 e. The molecule has 0 unspecified atom stereocenters. The van der Waals surface area contributed by atoms with Gasteiger partial charge < -0.3 is 15.4 Å². The zero-order chi connectivity index (χ0) is 18.9. The van der Waals surface area contributed by atoms with Crippen molar-refractivity contribution < 1.29 is 14.3 Å². The van der Waals surface area contributed by atoms with Gasteiger partial charge in [-0.05, 0) is 43.2 Å². The molecule has 0 atom stereocenters. The Hall–Kier alpha value is -2.53. The lowest BCUT2D eigenvalue weighted by molar-refractivity contribution is -0.123. The minimum Gasteiger partial charge on any atom is -0.483 e. The maximum atomic E-state index is 12.6. The maximum absolute atomic E-state index is 12.6. The third-order valence-corrected chi connectivity index (χ3v) is 4.16. The summed E-state index contributed by atoms with van der Waals surface area (Å²) >= 11 is 6.02. The van der Waals surface area contributed by atoms with Crippen LogP contribution in [0.25, 0.3) is 0 Å². The number of benzene rings is 2. The van der Waals surface area contributed by atoms with Gasteiger partial charge in [-0.25, -0.2) is 0 Å². The minimum atomic E-state index is -0.353. The molecule has 0 fully saturated rings. The van der Waals surface area contributed by atoms with Gasteiger partial charge in [-0.15, -0.1) is 0 Å². The fourth-order valence-corrected chi connectivity index (χ4v) is 2.60. The zero-order valence-electron chi connectivity index (χ0n) is 14.9. The first-order valence-electron chi connectivity index (χ1n) is 8.61. The normalized spacial score (nSPS) is 10.5. The summed E-state index contributed by atoms with van der Waals surface area (Å²) < 4.78 is 5.57. The minimum absolute atomic E-state index is 0.122. The van der Waals surface area contributed by atoms with Gasteiger partial charge in [-0.2, -0.15) is 0 Å². The van der Waals surface area contributed by atoms with Crippen LogP contribution in [0, 0.1) is 0 Å². The molecular weight excluding hydrogens is 352 g/mol. The second-order valence-electron chi connectivity index (χ2n) is 5.83. The molecule has 2 aromatic rings. The first kappa shape index (κ1) is 19.8. The van der Waals surface area contributed by atoms with Gasteiger partial charge in [0.2, 0.25) is 0 Å². The van der Waals surface area contributed by atoms with Gasteiger partial charge in [-0.3, -0.25) is 9.59 Å². The van der Waals surface area contributed by atoms with Crippen molar-refractivity contribution in [3.63, 3.8) is 0 Å². The van der Waals surface area contributed by atoms with Crippen molar-refractivity contribution in [3.05, 3.63) is 59.1 Å². The molecule has 5 nitrogen and oxygen atoms in total. The summed E-state index contributed by atoms with van der Waals surface area (Å²) in [5.41, 5.74) is 0.937. The van der Waals surface area contributed by atoms with E-state index in [4.69, 9.17) is 16.3 Å². The number of ether oxygens (including phenoxy) is 1. The predicted octanol–water partition coefficient (Wildman–Crippen LogP) is 4.28. The Labute approximate surface area is 158 Å². The summed E-state index contributed by atoms with van der Waals surface area (Å²) in [5, 5.41) is 6.10. The van der Waals surface area contributed by atoms with Gasteiger partial charge in [-0.1, -0.05) is 43.6 Å². The Bertz CT molecular complexity index is 746. The van der Waals surface area contributed by atoms with Crippen LogP contribution >= 0.6 is 11.6 Å². The Morgan fingerprint density at radius 1 is 1.08 bits per heavy atom. The average Bonchev–Trinajstić information content (AvgIpc) is 2.65. The zero-order valence-corrected chi connectivity index (χ0v) is 15.7. The fraction of sp³-hybridized carbons (Fsp3) is 0.300. The molecule has 0 aliphatic carbocycles. The van der Waals surface area contributed by atoms with Crippen LogP contribution in [0.1, 0.15) is 37.0 Å². The summed E-state index contributed by atoms with van der Waals surface area (Å²) in [7, 11) is 0. The predicted molar refractivity (Wildman–Crippen MR) is 104 cm³/mol. The van der Waals surface area contributed by atoms with Gasteiger partial charge in [0, 0.05) is 16.8 Å². The molecule has 0 bridgehead atoms. The highest BCUT2D eigenvalue weighted by Gasteiger charge is 2.16. The van der Waals surface area contributed by atoms with Crippen molar-refractivity contribution in [1.82, 2.24) is 5.32 Å². The Morgan fingerprint density at radius 2 is 1.77 bits per heavy atom. The second-order valence-corrected chi connectivity index (χ2v) is 6.27. The van der Waals surface area contributed by atoms with Crippen LogP contribution < -0.4 is 15.4 Å². The van der Waals surface area contributed by atoms with E-state index in [2.05, 4.69) is 10.6 Å². The van der Waals surface area contributed by atoms with Crippen molar-refractivity contribution in [2.45, 2.75) is 32.7 Å². The molecule has 0 aromatic heterocycles. The van der Waals surface area contributed by atoms with Crippen LogP contribution in [-0.2, 0) is 4.79 Å². The number of hydrogen-bond acceptors (Lipinski definition) is 3. The third-order valence-electron chi connectivity index (χ3n) is 3.93. The topological polar surface area (TPSA) is 67.4 Å². The number of carbonyl (C=O) groups is 2. The number of hydrogen-bond donors (Lipinski definition) is 2. The fourth-order valence-electron chi connectivity index (χ4n) is 2.43. The molecule has 26 heavy (non-hydrogen) atoms. The molecule has 6 heteroatoms. The number of rotatable bonds is 8. The Balaban J connectivity index is 2.07. The second kappa shape index (κ2) is 9.82. The summed E-state index contributed by atoms with van der Waals surface area (Å²) in [5.74, 6) is -0.264. The molecule has 2 aromatic carbocycles. The molecule has 0 saturated heterocycles. The number of anilines is 1. The molecular formula is C20H23ClN2O3. The van der Waals surface area contributed by atoms with E-state index in [1.807, 2.05) is 32.0 Å². The van der Waals surface area contributed by atoms with Crippen molar-refractivity contribution >= 4 is 29.1 Å². The van der Waals surface area contributed by atoms with Crippen LogP contribution in [-0.4, -0.2) is 24.5 Å². The van der Waals surface area contributed by atoms with Crippen LogP contribution in [0.15, 0.2) is 48.5 Å². The highest BCUT2D eigenvalue weighted by molar-refractivity contribution is 6.31. The lowest BCUT2D eigenvalue weighted by Gasteiger charge is -2.16. The standard InChI is InChI=1S/C20H23ClN2O3/c1-3-15(4-2)22-19(24)13-26-18-11-10-14(21)12-17(18)20(25)23-16-8-6-5-7-9-16/h5-12,15H,3-4,13H2,1-2H3,(H,22,24)(H,23,25). The molecule has 0 spiro atoms. The molecule has 0 aliphatic heterocycles. The van der Waals surface area contributed by atoms with Crippen molar-refractivity contribution in [2.75, 3.05) is 11.9 Å². The molecule has 138 valence electrons. The maximum Gasteiger partial charge on any atom is 0.259 e. The monoisotopic (exact) mass is 374 g/mol. The first-order chi connectivity index (χ1) is 12.5. The number of para-hydroxylation sites is 1. The van der Waals surface area contributed by atoms with Crippen LogP contribution in [0.4, 0.5) is 5.69 Å². The van der Waals surface area contributed by atoms with Crippen LogP contribution in [0.3, 0.4) is 0 Å². The van der Waals surface area contributed by atoms with E-state index in [0.29, 0.717) is 16.5 Å². The lowest BCUT2D eigenvalue weighted by Crippen LogP contribution is -2.37. The van der Waals surface area contributed by atoms with Crippen molar-refractivity contribution in [2.24, 2.45) is 0 Å². The molecule has 0 radical (unpaired) electrons. The summed E-state index contributed by atoms with van der Waals surface area (Å²) in [4.78, 5) is 24.6. The van der Waals surface area contributed by atoms with Gasteiger partial charge in [0.25, 0.3) is 11.8 Å². The van der Waals surface area contributed by atoms with E-state index in [0.717, 1.165) is 12.8 Å². The highest BCUT2D eigenvalue weighted by Crippen LogP contribution is 2.24. The van der Waals surface area contributed by atoms with E-state index in [1.54, 1.807) is 24.3 Å². The summed E-state index contributed by atoms with van der Waals surface area (Å²) in [6.45, 7) is 3.87. The number of halogens is 1. The molecule has 2 amide bonds. The lowest BCUT2D eigenvalue weighted by atomic mass is 10.1. The van der Waals surface area contributed by atoms with Gasteiger partial charge in [0.15, 0.2) is 6.61 Å². The van der Waals surface area contributed by atoms with Gasteiger partial charge in [0.05, 0.1) is 5.56 Å². The quantitative estimate of drug-likeness (QED) is 0.724. The number of amides is 2. The molecule has 0 aliphatic rings. The molecule has 0 heterocycles. The number of nitrogens with one attached hydrogen (secondary N) is 2. The van der Waals surface area contributed by atoms with E-state index in [9.17, 15) is 9.59 Å². The van der Waals surface area contributed by atoms with Crippen LogP contribution in [0.5, 0.6) is 5.75 Å². The Morgan fingerprint density at radius 3 is 2.42 bits per heavy atom. The Kier molecular flexibility index (Phi) is 7.48. The number of carbonyl (C=O) groups excluding carboxylic acids is 2. The van der Waals surface area contributed by atoms with E-state index < -0.39 is 0 Å². The molecule has 2 rings (SSSR count). The summed E-state index contributed by atoms with van der Waals surface area (Å²) in [6.07, 6.45) is 1.71. The molecule has 0 saturated carbocycles. The van der Waals surface area contributed by atoms with Crippen LogP contribution in [0.2, 0.25) is 5.02 Å². The van der Waals surface area contributed by atoms with Gasteiger partial charge >= 0.3 is 0 Å². The van der Waals surface area contributed by atoms with Crippen molar-refractivity contribution in [1.29, 1.82) is 0 Å². The van der Waals surface area contributed by atoms with E-state index in [1.165, 1.54) is 6.07 Å². The van der Waals surface area contributed by atoms with E-state index in [-0.39, 0.29) is 30.0 Å². The first-order valence-corrected chi connectivity index (χ1v) is 8.99. The average molecular weight is 375 g/mol. The van der Waals surface area contributed by atoms with E-state index >= 15 is 0 Å². The molecule has 2 N–H and O–H groups in total. The van der Waals surface area contributed by atoms with Crippen molar-refractivity contribution in [3.8, 4) is 5.75 Å². The highest BCUT2D eigenvalue weighted by atomic mass is 35.5. The largest absolute Gasteiger partial charge is 0.483 e.